The Morgan fingerprint density at radius 1 is 0.613 bits per heavy atom. The Morgan fingerprint density at radius 2 is 1.16 bits per heavy atom. The lowest BCUT2D eigenvalue weighted by Crippen LogP contribution is -2.47. The number of nitrogens with zero attached hydrogens (tertiary/aromatic N) is 5. The molecule has 13 nitrogen and oxygen atoms in total. The van der Waals surface area contributed by atoms with E-state index in [2.05, 4.69) is 4.90 Å². The van der Waals surface area contributed by atoms with Crippen LogP contribution in [-0.2, 0) is 46.1 Å². The molecule has 0 radical (unpaired) electrons. The van der Waals surface area contributed by atoms with E-state index in [0.717, 1.165) is 35.1 Å². The number of amides is 1. The number of rotatable bonds is 15. The summed E-state index contributed by atoms with van der Waals surface area (Å²) in [6.07, 6.45) is 1.93. The first-order chi connectivity index (χ1) is 35.2. The number of piperidine rings is 2. The lowest BCUT2D eigenvalue weighted by atomic mass is 9.95. The maximum absolute atomic E-state index is 15.2. The van der Waals surface area contributed by atoms with Crippen LogP contribution in [0.5, 0.6) is 5.75 Å². The molecule has 1 amide bonds. The minimum Gasteiger partial charge on any atom is -0.493 e. The smallest absolute Gasteiger partial charge is 0.417 e. The van der Waals surface area contributed by atoms with Gasteiger partial charge in [0.25, 0.3) is 0 Å². The van der Waals surface area contributed by atoms with Crippen molar-refractivity contribution in [2.24, 2.45) is 5.92 Å². The third-order valence-electron chi connectivity index (χ3n) is 13.7. The summed E-state index contributed by atoms with van der Waals surface area (Å²) in [7, 11) is 0. The fourth-order valence-corrected chi connectivity index (χ4v) is 9.88. The number of alkyl halides is 3. The van der Waals surface area contributed by atoms with Crippen molar-refractivity contribution in [2.75, 3.05) is 85.1 Å². The highest BCUT2D eigenvalue weighted by Gasteiger charge is 2.37. The number of halogens is 3. The van der Waals surface area contributed by atoms with Crippen LogP contribution in [0.2, 0.25) is 0 Å². The van der Waals surface area contributed by atoms with Gasteiger partial charge >= 0.3 is 24.1 Å². The maximum atomic E-state index is 15.2. The lowest BCUT2D eigenvalue weighted by molar-refractivity contribution is -0.163. The standard InChI is InChI=1S/C59H82F3N5O8/c1-42-44(19-16-20-48(42)45-17-12-11-13-18-45)22-23-46-36-51(47(35-49(46)59(60,61)62)37-67-26-15-14-21-50(67)55(71)75-58(8,9)10)72-41-43-24-27-66(28-25-43)52(68)38-63-29-31-64(39-53(69)73-56(2,3)4)33-34-65(32-30-63)40-54(70)74-57(5,6)7/h11-13,16-20,22-23,35-36,43,50H,14-15,21,24-34,37-41H2,1-10H3/b23-22+/t50-/m0/s1. The Kier molecular flexibility index (Phi) is 20.2. The van der Waals surface area contributed by atoms with Gasteiger partial charge in [-0.05, 0) is 147 Å². The molecule has 412 valence electrons. The second-order valence-corrected chi connectivity index (χ2v) is 23.4. The van der Waals surface area contributed by atoms with Crippen molar-refractivity contribution in [3.8, 4) is 16.9 Å². The van der Waals surface area contributed by atoms with Crippen LogP contribution in [0.4, 0.5) is 13.2 Å². The van der Waals surface area contributed by atoms with E-state index in [-0.39, 0.29) is 62.1 Å². The van der Waals surface area contributed by atoms with E-state index in [1.165, 1.54) is 18.2 Å². The van der Waals surface area contributed by atoms with Gasteiger partial charge in [0, 0.05) is 64.5 Å². The highest BCUT2D eigenvalue weighted by atomic mass is 19.4. The molecule has 1 atom stereocenters. The van der Waals surface area contributed by atoms with Crippen molar-refractivity contribution in [1.82, 2.24) is 24.5 Å². The fourth-order valence-electron chi connectivity index (χ4n) is 9.88. The Labute approximate surface area is 443 Å². The van der Waals surface area contributed by atoms with Gasteiger partial charge in [-0.2, -0.15) is 13.2 Å². The second kappa shape index (κ2) is 25.7. The molecular formula is C59H82F3N5O8. The number of benzene rings is 3. The van der Waals surface area contributed by atoms with E-state index in [1.807, 2.05) is 117 Å². The average Bonchev–Trinajstić information content (AvgIpc) is 3.39. The summed E-state index contributed by atoms with van der Waals surface area (Å²) in [4.78, 5) is 63.2. The summed E-state index contributed by atoms with van der Waals surface area (Å²) in [5.41, 5.74) is 1.23. The number of carbonyl (C=O) groups is 4. The first kappa shape index (κ1) is 59.0. The van der Waals surface area contributed by atoms with Crippen LogP contribution in [0, 0.1) is 12.8 Å². The first-order valence-corrected chi connectivity index (χ1v) is 26.7. The molecule has 0 saturated carbocycles. The quantitative estimate of drug-likeness (QED) is 0.0819. The zero-order chi connectivity index (χ0) is 54.7. The molecule has 3 fully saturated rings. The molecule has 3 aliphatic rings. The molecule has 3 heterocycles. The summed E-state index contributed by atoms with van der Waals surface area (Å²) >= 11 is 0. The van der Waals surface area contributed by atoms with E-state index in [9.17, 15) is 19.2 Å². The van der Waals surface area contributed by atoms with Crippen molar-refractivity contribution in [1.29, 1.82) is 0 Å². The molecule has 0 N–H and O–H groups in total. The molecule has 16 heteroatoms. The molecule has 6 rings (SSSR count). The zero-order valence-electron chi connectivity index (χ0n) is 46.2. The van der Waals surface area contributed by atoms with Gasteiger partial charge in [0.15, 0.2) is 0 Å². The summed E-state index contributed by atoms with van der Waals surface area (Å²) < 4.78 is 69.2. The predicted molar refractivity (Wildman–Crippen MR) is 287 cm³/mol. The molecule has 75 heavy (non-hydrogen) atoms. The van der Waals surface area contributed by atoms with Gasteiger partial charge < -0.3 is 23.8 Å². The van der Waals surface area contributed by atoms with Gasteiger partial charge in [0.2, 0.25) is 5.91 Å². The van der Waals surface area contributed by atoms with Crippen LogP contribution >= 0.6 is 0 Å². The summed E-state index contributed by atoms with van der Waals surface area (Å²) in [5.74, 6) is -0.768. The second-order valence-electron chi connectivity index (χ2n) is 23.4. The van der Waals surface area contributed by atoms with Gasteiger partial charge in [-0.1, -0.05) is 67.1 Å². The van der Waals surface area contributed by atoms with Crippen LogP contribution in [0.15, 0.2) is 60.7 Å². The normalized spacial score (nSPS) is 18.8. The van der Waals surface area contributed by atoms with Gasteiger partial charge in [0.1, 0.15) is 28.6 Å². The van der Waals surface area contributed by atoms with Gasteiger partial charge in [-0.15, -0.1) is 0 Å². The average molecular weight is 1050 g/mol. The highest BCUT2D eigenvalue weighted by molar-refractivity contribution is 5.80. The zero-order valence-corrected chi connectivity index (χ0v) is 46.2. The fraction of sp³-hybridized carbons (Fsp3) is 0.593. The molecule has 3 aromatic rings. The van der Waals surface area contributed by atoms with E-state index in [0.29, 0.717) is 89.5 Å². The monoisotopic (exact) mass is 1050 g/mol. The maximum Gasteiger partial charge on any atom is 0.417 e. The minimum absolute atomic E-state index is 0.0177. The number of esters is 3. The number of carbonyl (C=O) groups excluding carboxylic acids is 4. The molecule has 3 saturated heterocycles. The lowest BCUT2D eigenvalue weighted by Gasteiger charge is -2.36. The summed E-state index contributed by atoms with van der Waals surface area (Å²) in [6.45, 7) is 23.6. The first-order valence-electron chi connectivity index (χ1n) is 26.7. The summed E-state index contributed by atoms with van der Waals surface area (Å²) in [6, 6.07) is 17.7. The van der Waals surface area contributed by atoms with Crippen LogP contribution < -0.4 is 4.74 Å². The Hall–Kier alpha value is -5.29. The van der Waals surface area contributed by atoms with Gasteiger partial charge in [0.05, 0.1) is 31.8 Å². The third kappa shape index (κ3) is 18.7. The van der Waals surface area contributed by atoms with E-state index >= 15 is 13.2 Å². The molecule has 0 bridgehead atoms. The van der Waals surface area contributed by atoms with Gasteiger partial charge in [-0.25, -0.2) is 0 Å². The van der Waals surface area contributed by atoms with Crippen molar-refractivity contribution >= 4 is 36.0 Å². The minimum atomic E-state index is -4.69. The van der Waals surface area contributed by atoms with Crippen LogP contribution in [-0.4, -0.2) is 156 Å². The number of ether oxygens (including phenoxy) is 4. The number of hydrogen-bond donors (Lipinski definition) is 0. The van der Waals surface area contributed by atoms with E-state index < -0.39 is 40.6 Å². The van der Waals surface area contributed by atoms with Gasteiger partial charge in [-0.3, -0.25) is 38.8 Å². The highest BCUT2D eigenvalue weighted by Crippen LogP contribution is 2.39. The molecule has 0 aliphatic carbocycles. The molecule has 3 aliphatic heterocycles. The van der Waals surface area contributed by atoms with Crippen molar-refractivity contribution in [2.45, 2.75) is 137 Å². The Balaban J connectivity index is 1.18. The Morgan fingerprint density at radius 3 is 1.71 bits per heavy atom. The predicted octanol–water partition coefficient (Wildman–Crippen LogP) is 9.77. The SMILES string of the molecule is Cc1c(/C=C/c2cc(OCC3CCN(C(=O)CN4CCN(CC(=O)OC(C)(C)C)CCN(CC(=O)OC(C)(C)C)CC4)CC3)c(CN3CCCC[C@H]3C(=O)OC(C)(C)C)cc2C(F)(F)F)cccc1-c1ccccc1. The Bertz CT molecular complexity index is 2390. The molecule has 3 aromatic carbocycles. The largest absolute Gasteiger partial charge is 0.493 e. The number of hydrogen-bond acceptors (Lipinski definition) is 12. The van der Waals surface area contributed by atoms with Crippen molar-refractivity contribution in [3.63, 3.8) is 0 Å². The van der Waals surface area contributed by atoms with Crippen molar-refractivity contribution in [3.05, 3.63) is 88.5 Å². The topological polar surface area (TPSA) is 121 Å². The van der Waals surface area contributed by atoms with Crippen LogP contribution in [0.1, 0.15) is 122 Å². The molecular weight excluding hydrogens is 964 g/mol. The van der Waals surface area contributed by atoms with E-state index in [4.69, 9.17) is 18.9 Å². The third-order valence-corrected chi connectivity index (χ3v) is 13.7. The number of likely N-dealkylation sites (tertiary alicyclic amines) is 2. The van der Waals surface area contributed by atoms with Crippen LogP contribution in [0.3, 0.4) is 0 Å². The van der Waals surface area contributed by atoms with Crippen LogP contribution in [0.25, 0.3) is 23.3 Å². The molecule has 0 aromatic heterocycles. The summed E-state index contributed by atoms with van der Waals surface area (Å²) in [5, 5.41) is 0. The van der Waals surface area contributed by atoms with E-state index in [1.54, 1.807) is 26.8 Å². The molecule has 0 spiro atoms. The van der Waals surface area contributed by atoms with Crippen molar-refractivity contribution < 1.29 is 51.3 Å². The molecule has 0 unspecified atom stereocenters.